The van der Waals surface area contributed by atoms with Crippen LogP contribution in [-0.2, 0) is 14.3 Å². The normalized spacial score (nSPS) is 39.8. The van der Waals surface area contributed by atoms with E-state index in [-0.39, 0.29) is 17.6 Å². The molecule has 3 fully saturated rings. The van der Waals surface area contributed by atoms with Crippen LogP contribution in [0.1, 0.15) is 32.1 Å². The van der Waals surface area contributed by atoms with E-state index in [1.54, 1.807) is 0 Å². The number of nitrogens with zero attached hydrogens (tertiary/aromatic N) is 1. The van der Waals surface area contributed by atoms with Crippen molar-refractivity contribution in [3.63, 3.8) is 0 Å². The zero-order valence-corrected chi connectivity index (χ0v) is 12.4. The van der Waals surface area contributed by atoms with Crippen LogP contribution in [0.2, 0.25) is 0 Å². The Kier molecular flexibility index (Phi) is 4.06. The van der Waals surface area contributed by atoms with E-state index in [2.05, 4.69) is 4.90 Å². The molecule has 108 valence electrons. The minimum atomic E-state index is -0.0566. The van der Waals surface area contributed by atoms with Gasteiger partial charge in [0.25, 0.3) is 0 Å². The van der Waals surface area contributed by atoms with E-state index in [0.717, 1.165) is 44.6 Å². The molecule has 0 aromatic heterocycles. The molecule has 3 aliphatic heterocycles. The topological polar surface area (TPSA) is 38.8 Å². The summed E-state index contributed by atoms with van der Waals surface area (Å²) in [7, 11) is 1.50. The van der Waals surface area contributed by atoms with Crippen LogP contribution in [0.3, 0.4) is 0 Å². The number of carbonyl (C=O) groups excluding carboxylic acids is 1. The summed E-state index contributed by atoms with van der Waals surface area (Å²) in [5, 5.41) is 0. The monoisotopic (exact) mass is 285 g/mol. The molecule has 0 radical (unpaired) electrons. The average molecular weight is 285 g/mol. The molecule has 0 aromatic carbocycles. The smallest absolute Gasteiger partial charge is 0.323 e. The first kappa shape index (κ1) is 13.7. The minimum absolute atomic E-state index is 0.0146. The summed E-state index contributed by atoms with van der Waals surface area (Å²) in [6.07, 6.45) is 5.38. The molecule has 3 rings (SSSR count). The van der Waals surface area contributed by atoms with Crippen LogP contribution in [0.15, 0.2) is 0 Å². The predicted octanol–water partition coefficient (Wildman–Crippen LogP) is 1.68. The summed E-state index contributed by atoms with van der Waals surface area (Å²) in [6.45, 7) is 1.88. The van der Waals surface area contributed by atoms with Gasteiger partial charge in [-0.15, -0.1) is 0 Å². The molecule has 0 amide bonds. The third-order valence-corrected chi connectivity index (χ3v) is 5.99. The molecule has 0 N–H and O–H groups in total. The molecule has 0 bridgehead atoms. The lowest BCUT2D eigenvalue weighted by atomic mass is 9.88. The second-order valence-corrected chi connectivity index (χ2v) is 7.00. The van der Waals surface area contributed by atoms with E-state index in [1.807, 2.05) is 11.8 Å². The summed E-state index contributed by atoms with van der Waals surface area (Å²) in [4.78, 5) is 14.3. The standard InChI is InChI=1S/C14H23NO3S/c1-17-13(16)12-3-2-6-15(12)11-4-7-18-14(9-11)5-8-19-10-14/h11-12H,2-10H2,1H3. The third-order valence-electron chi connectivity index (χ3n) is 4.77. The lowest BCUT2D eigenvalue weighted by molar-refractivity contribution is -0.149. The van der Waals surface area contributed by atoms with Crippen molar-refractivity contribution in [1.29, 1.82) is 0 Å². The largest absolute Gasteiger partial charge is 0.468 e. The highest BCUT2D eigenvalue weighted by Crippen LogP contribution is 2.40. The number of hydrogen-bond donors (Lipinski definition) is 0. The van der Waals surface area contributed by atoms with Gasteiger partial charge in [-0.3, -0.25) is 9.69 Å². The van der Waals surface area contributed by atoms with Gasteiger partial charge in [-0.1, -0.05) is 0 Å². The zero-order valence-electron chi connectivity index (χ0n) is 11.6. The highest BCUT2D eigenvalue weighted by molar-refractivity contribution is 7.99. The predicted molar refractivity (Wildman–Crippen MR) is 75.4 cm³/mol. The van der Waals surface area contributed by atoms with Crippen LogP contribution in [0.25, 0.3) is 0 Å². The third kappa shape index (κ3) is 2.65. The van der Waals surface area contributed by atoms with Crippen molar-refractivity contribution in [3.05, 3.63) is 0 Å². The van der Waals surface area contributed by atoms with Crippen LogP contribution >= 0.6 is 11.8 Å². The Hall–Kier alpha value is -0.260. The molecule has 19 heavy (non-hydrogen) atoms. The highest BCUT2D eigenvalue weighted by atomic mass is 32.2. The van der Waals surface area contributed by atoms with E-state index in [1.165, 1.54) is 19.3 Å². The number of methoxy groups -OCH3 is 1. The maximum atomic E-state index is 11.9. The van der Waals surface area contributed by atoms with Crippen LogP contribution in [0.4, 0.5) is 0 Å². The Balaban J connectivity index is 1.69. The Bertz CT molecular complexity index is 344. The summed E-state index contributed by atoms with van der Waals surface area (Å²) < 4.78 is 11.0. The van der Waals surface area contributed by atoms with E-state index < -0.39 is 0 Å². The minimum Gasteiger partial charge on any atom is -0.468 e. The van der Waals surface area contributed by atoms with Crippen LogP contribution < -0.4 is 0 Å². The molecule has 1 spiro atoms. The Morgan fingerprint density at radius 1 is 1.47 bits per heavy atom. The molecule has 3 aliphatic rings. The first-order valence-electron chi connectivity index (χ1n) is 7.29. The van der Waals surface area contributed by atoms with E-state index in [9.17, 15) is 4.79 Å². The number of ether oxygens (including phenoxy) is 2. The summed E-state index contributed by atoms with van der Waals surface area (Å²) in [5.41, 5.74) is 0.0941. The molecule has 0 aromatic rings. The fourth-order valence-corrected chi connectivity index (χ4v) is 5.14. The molecule has 5 heteroatoms. The summed E-state index contributed by atoms with van der Waals surface area (Å²) in [5.74, 6) is 2.28. The number of likely N-dealkylation sites (tertiary alicyclic amines) is 1. The summed E-state index contributed by atoms with van der Waals surface area (Å²) >= 11 is 2.00. The van der Waals surface area contributed by atoms with Crippen molar-refractivity contribution in [2.75, 3.05) is 31.8 Å². The number of carbonyl (C=O) groups is 1. The van der Waals surface area contributed by atoms with Crippen molar-refractivity contribution < 1.29 is 14.3 Å². The first-order chi connectivity index (χ1) is 9.24. The molecule has 0 aliphatic carbocycles. The van der Waals surface area contributed by atoms with Crippen molar-refractivity contribution in [2.45, 2.75) is 49.8 Å². The molecule has 0 saturated carbocycles. The zero-order chi connectivity index (χ0) is 13.3. The maximum absolute atomic E-state index is 11.9. The molecule has 3 saturated heterocycles. The Labute approximate surface area is 119 Å². The molecular weight excluding hydrogens is 262 g/mol. The number of hydrogen-bond acceptors (Lipinski definition) is 5. The van der Waals surface area contributed by atoms with Crippen molar-refractivity contribution in [3.8, 4) is 0 Å². The van der Waals surface area contributed by atoms with Gasteiger partial charge in [0.2, 0.25) is 0 Å². The average Bonchev–Trinajstić information content (AvgIpc) is 3.07. The fraction of sp³-hybridized carbons (Fsp3) is 0.929. The Morgan fingerprint density at radius 3 is 3.11 bits per heavy atom. The van der Waals surface area contributed by atoms with Crippen molar-refractivity contribution in [1.82, 2.24) is 4.90 Å². The molecule has 3 unspecified atom stereocenters. The lowest BCUT2D eigenvalue weighted by Gasteiger charge is -2.42. The highest BCUT2D eigenvalue weighted by Gasteiger charge is 2.45. The molecule has 4 nitrogen and oxygen atoms in total. The van der Waals surface area contributed by atoms with Gasteiger partial charge in [0.1, 0.15) is 6.04 Å². The van der Waals surface area contributed by atoms with Crippen LogP contribution in [0, 0.1) is 0 Å². The van der Waals surface area contributed by atoms with Gasteiger partial charge in [0, 0.05) is 18.4 Å². The van der Waals surface area contributed by atoms with Gasteiger partial charge < -0.3 is 9.47 Å². The Morgan fingerprint density at radius 2 is 2.37 bits per heavy atom. The maximum Gasteiger partial charge on any atom is 0.323 e. The number of rotatable bonds is 2. The van der Waals surface area contributed by atoms with Gasteiger partial charge in [-0.05, 0) is 44.4 Å². The second-order valence-electron chi connectivity index (χ2n) is 5.90. The quantitative estimate of drug-likeness (QED) is 0.722. The molecule has 3 heterocycles. The lowest BCUT2D eigenvalue weighted by Crippen LogP contribution is -2.52. The molecule has 3 atom stereocenters. The SMILES string of the molecule is COC(=O)C1CCCN1C1CCOC2(CCSC2)C1. The van der Waals surface area contributed by atoms with Crippen molar-refractivity contribution in [2.24, 2.45) is 0 Å². The van der Waals surface area contributed by atoms with E-state index in [4.69, 9.17) is 9.47 Å². The number of esters is 1. The van der Waals surface area contributed by atoms with Crippen molar-refractivity contribution >= 4 is 17.7 Å². The fourth-order valence-electron chi connectivity index (χ4n) is 3.76. The van der Waals surface area contributed by atoms with Gasteiger partial charge in [0.15, 0.2) is 0 Å². The van der Waals surface area contributed by atoms with Gasteiger partial charge in [-0.25, -0.2) is 0 Å². The van der Waals surface area contributed by atoms with Gasteiger partial charge in [-0.2, -0.15) is 11.8 Å². The van der Waals surface area contributed by atoms with E-state index >= 15 is 0 Å². The first-order valence-corrected chi connectivity index (χ1v) is 8.45. The van der Waals surface area contributed by atoms with Gasteiger partial charge in [0.05, 0.1) is 12.7 Å². The number of thioether (sulfide) groups is 1. The van der Waals surface area contributed by atoms with Gasteiger partial charge >= 0.3 is 5.97 Å². The van der Waals surface area contributed by atoms with Crippen LogP contribution in [0.5, 0.6) is 0 Å². The summed E-state index contributed by atoms with van der Waals surface area (Å²) in [6, 6.07) is 0.484. The van der Waals surface area contributed by atoms with Crippen LogP contribution in [-0.4, -0.2) is 60.3 Å². The van der Waals surface area contributed by atoms with E-state index in [0.29, 0.717) is 6.04 Å². The molecular formula is C14H23NO3S. The second kappa shape index (κ2) is 5.62.